The van der Waals surface area contributed by atoms with Gasteiger partial charge in [0.15, 0.2) is 0 Å². The molecule has 0 aliphatic rings. The van der Waals surface area contributed by atoms with Crippen molar-refractivity contribution in [2.45, 2.75) is 17.2 Å². The van der Waals surface area contributed by atoms with Crippen molar-refractivity contribution in [3.63, 3.8) is 0 Å². The molecule has 1 aromatic heterocycles. The maximum Gasteiger partial charge on any atom is 0.432 e. The molecule has 0 spiro atoms. The lowest BCUT2D eigenvalue weighted by atomic mass is 10.1. The molecule has 0 bridgehead atoms. The molecule has 0 aliphatic carbocycles. The van der Waals surface area contributed by atoms with Crippen molar-refractivity contribution in [3.05, 3.63) is 101 Å². The van der Waals surface area contributed by atoms with Gasteiger partial charge in [0.1, 0.15) is 12.3 Å². The molecular formula is C24H19F3IN3O2. The van der Waals surface area contributed by atoms with Crippen LogP contribution in [-0.2, 0) is 15.8 Å². The van der Waals surface area contributed by atoms with Crippen LogP contribution in [0.2, 0.25) is 0 Å². The van der Waals surface area contributed by atoms with Crippen LogP contribution in [0.25, 0.3) is 5.70 Å². The van der Waals surface area contributed by atoms with Crippen molar-refractivity contribution in [2.24, 2.45) is 0 Å². The zero-order valence-electron chi connectivity index (χ0n) is 17.2. The number of pyridine rings is 1. The van der Waals surface area contributed by atoms with Gasteiger partial charge in [0, 0.05) is 28.2 Å². The van der Waals surface area contributed by atoms with Crippen LogP contribution in [0, 0.1) is 5.41 Å². The first-order valence-corrected chi connectivity index (χ1v) is 11.3. The Bertz CT molecular complexity index is 1150. The number of alkyl halides is 4. The Morgan fingerprint density at radius 1 is 1.03 bits per heavy atom. The monoisotopic (exact) mass is 565 g/mol. The van der Waals surface area contributed by atoms with E-state index in [-0.39, 0.29) is 17.9 Å². The van der Waals surface area contributed by atoms with Crippen LogP contribution in [-0.4, -0.2) is 22.8 Å². The van der Waals surface area contributed by atoms with Gasteiger partial charge in [-0.05, 0) is 53.1 Å². The summed E-state index contributed by atoms with van der Waals surface area (Å²) in [6.07, 6.45) is -0.867. The number of anilines is 1. The molecule has 33 heavy (non-hydrogen) atoms. The molecule has 0 unspecified atom stereocenters. The third kappa shape index (κ3) is 6.88. The van der Waals surface area contributed by atoms with Gasteiger partial charge in [-0.3, -0.25) is 10.4 Å². The lowest BCUT2D eigenvalue weighted by Gasteiger charge is -2.16. The largest absolute Gasteiger partial charge is 0.457 e. The van der Waals surface area contributed by atoms with E-state index in [1.54, 1.807) is 36.7 Å². The molecule has 0 fully saturated rings. The standard InChI is InChI=1S/C24H19F3IN3O2/c25-24(26,27)22(29)13-21(31-20-4-2-1-3-19(20)14-28)17-5-7-18(8-6-17)23(32)33-15-16-9-11-30-12-10-16/h1-13,29,31H,14-15H2/b21-13-,29-22?. The minimum Gasteiger partial charge on any atom is -0.457 e. The highest BCUT2D eigenvalue weighted by molar-refractivity contribution is 14.1. The number of esters is 1. The highest BCUT2D eigenvalue weighted by atomic mass is 127. The molecular weight excluding hydrogens is 546 g/mol. The number of hydrogen-bond donors (Lipinski definition) is 2. The Hall–Kier alpha value is -3.21. The summed E-state index contributed by atoms with van der Waals surface area (Å²) >= 11 is 2.17. The summed E-state index contributed by atoms with van der Waals surface area (Å²) in [5, 5.41) is 10.4. The maximum atomic E-state index is 13.0. The minimum atomic E-state index is -4.79. The van der Waals surface area contributed by atoms with Crippen molar-refractivity contribution in [1.29, 1.82) is 5.41 Å². The molecule has 2 N–H and O–H groups in total. The molecule has 3 aromatic rings. The number of nitrogens with zero attached hydrogens (tertiary/aromatic N) is 1. The van der Waals surface area contributed by atoms with Gasteiger partial charge in [-0.1, -0.05) is 52.9 Å². The van der Waals surface area contributed by atoms with E-state index in [2.05, 4.69) is 32.9 Å². The van der Waals surface area contributed by atoms with E-state index in [0.29, 0.717) is 15.7 Å². The van der Waals surface area contributed by atoms with E-state index >= 15 is 0 Å². The fourth-order valence-electron chi connectivity index (χ4n) is 2.82. The van der Waals surface area contributed by atoms with Crippen LogP contribution in [0.3, 0.4) is 0 Å². The molecule has 2 aromatic carbocycles. The predicted molar refractivity (Wildman–Crippen MR) is 129 cm³/mol. The number of aromatic nitrogens is 1. The SMILES string of the molecule is N=C(/C=C(\Nc1ccccc1CI)c1ccc(C(=O)OCc2ccncc2)cc1)C(F)(F)F. The van der Waals surface area contributed by atoms with Crippen molar-refractivity contribution in [1.82, 2.24) is 4.98 Å². The summed E-state index contributed by atoms with van der Waals surface area (Å²) in [6.45, 7) is 0.0750. The average molecular weight is 565 g/mol. The maximum absolute atomic E-state index is 13.0. The van der Waals surface area contributed by atoms with E-state index < -0.39 is 17.9 Å². The number of carbonyl (C=O) groups is 1. The van der Waals surface area contributed by atoms with Crippen molar-refractivity contribution in [3.8, 4) is 0 Å². The molecule has 170 valence electrons. The number of rotatable bonds is 8. The molecule has 0 aliphatic heterocycles. The third-order valence-electron chi connectivity index (χ3n) is 4.58. The summed E-state index contributed by atoms with van der Waals surface area (Å²) in [7, 11) is 0. The minimum absolute atomic E-state index is 0.0750. The lowest BCUT2D eigenvalue weighted by Crippen LogP contribution is -2.20. The summed E-state index contributed by atoms with van der Waals surface area (Å²) in [4.78, 5) is 16.2. The zero-order valence-corrected chi connectivity index (χ0v) is 19.4. The predicted octanol–water partition coefficient (Wildman–Crippen LogP) is 6.41. The molecule has 5 nitrogen and oxygen atoms in total. The number of allylic oxidation sites excluding steroid dienone is 1. The van der Waals surface area contributed by atoms with Gasteiger partial charge in [-0.15, -0.1) is 0 Å². The van der Waals surface area contributed by atoms with Crippen molar-refractivity contribution >= 4 is 45.7 Å². The third-order valence-corrected chi connectivity index (χ3v) is 5.40. The number of para-hydroxylation sites is 1. The molecule has 1 heterocycles. The second-order valence-electron chi connectivity index (χ2n) is 6.89. The van der Waals surface area contributed by atoms with Crippen LogP contribution in [0.15, 0.2) is 79.1 Å². The first-order valence-electron chi connectivity index (χ1n) is 9.72. The molecule has 0 saturated carbocycles. The topological polar surface area (TPSA) is 75.1 Å². The number of benzene rings is 2. The van der Waals surface area contributed by atoms with Crippen LogP contribution < -0.4 is 5.32 Å². The number of hydrogen-bond acceptors (Lipinski definition) is 5. The van der Waals surface area contributed by atoms with Gasteiger partial charge in [0.2, 0.25) is 0 Å². The lowest BCUT2D eigenvalue weighted by molar-refractivity contribution is -0.0583. The van der Waals surface area contributed by atoms with E-state index in [9.17, 15) is 18.0 Å². The van der Waals surface area contributed by atoms with Gasteiger partial charge >= 0.3 is 12.1 Å². The average Bonchev–Trinajstić information content (AvgIpc) is 2.82. The zero-order chi connectivity index (χ0) is 23.8. The number of carbonyl (C=O) groups excluding carboxylic acids is 1. The summed E-state index contributed by atoms with van der Waals surface area (Å²) in [5.41, 5.74) is 1.56. The second kappa shape index (κ2) is 11.1. The van der Waals surface area contributed by atoms with Gasteiger partial charge in [0.25, 0.3) is 0 Å². The Kier molecular flexibility index (Phi) is 8.21. The number of ether oxygens (including phenoxy) is 1. The van der Waals surface area contributed by atoms with E-state index in [1.807, 2.05) is 12.1 Å². The highest BCUT2D eigenvalue weighted by Crippen LogP contribution is 2.26. The summed E-state index contributed by atoms with van der Waals surface area (Å²) < 4.78 is 45.0. The molecule has 0 atom stereocenters. The van der Waals surface area contributed by atoms with Gasteiger partial charge in [0.05, 0.1) is 5.56 Å². The van der Waals surface area contributed by atoms with Crippen LogP contribution >= 0.6 is 22.6 Å². The fraction of sp³-hybridized carbons (Fsp3) is 0.125. The van der Waals surface area contributed by atoms with Gasteiger partial charge < -0.3 is 10.1 Å². The summed E-state index contributed by atoms with van der Waals surface area (Å²) in [6, 6.07) is 16.6. The highest BCUT2D eigenvalue weighted by Gasteiger charge is 2.33. The summed E-state index contributed by atoms with van der Waals surface area (Å²) in [5.74, 6) is -0.560. The van der Waals surface area contributed by atoms with Crippen molar-refractivity contribution in [2.75, 3.05) is 5.32 Å². The molecule has 3 rings (SSSR count). The Morgan fingerprint density at radius 2 is 1.67 bits per heavy atom. The Labute approximate surface area is 202 Å². The van der Waals surface area contributed by atoms with Crippen molar-refractivity contribution < 1.29 is 22.7 Å². The smallest absolute Gasteiger partial charge is 0.432 e. The molecule has 9 heteroatoms. The first kappa shape index (κ1) is 24.4. The van der Waals surface area contributed by atoms with Crippen LogP contribution in [0.1, 0.15) is 27.0 Å². The van der Waals surface area contributed by atoms with E-state index in [1.165, 1.54) is 24.3 Å². The fourth-order valence-corrected chi connectivity index (χ4v) is 3.48. The van der Waals surface area contributed by atoms with E-state index in [4.69, 9.17) is 10.1 Å². The van der Waals surface area contributed by atoms with Gasteiger partial charge in [-0.25, -0.2) is 4.79 Å². The Balaban J connectivity index is 1.83. The molecule has 0 radical (unpaired) electrons. The quantitative estimate of drug-likeness (QED) is 0.143. The number of halogens is 4. The first-order chi connectivity index (χ1) is 15.8. The Morgan fingerprint density at radius 3 is 2.30 bits per heavy atom. The van der Waals surface area contributed by atoms with Gasteiger partial charge in [-0.2, -0.15) is 13.2 Å². The normalized spacial score (nSPS) is 11.7. The number of nitrogens with one attached hydrogen (secondary N) is 2. The van der Waals surface area contributed by atoms with Crippen LogP contribution in [0.5, 0.6) is 0 Å². The second-order valence-corrected chi connectivity index (χ2v) is 7.66. The molecule has 0 amide bonds. The molecule has 0 saturated heterocycles. The van der Waals surface area contributed by atoms with Crippen LogP contribution in [0.4, 0.5) is 18.9 Å². The van der Waals surface area contributed by atoms with E-state index in [0.717, 1.165) is 17.2 Å².